The number of hydrogen-bond donors (Lipinski definition) is 2. The fourth-order valence-corrected chi connectivity index (χ4v) is 3.68. The summed E-state index contributed by atoms with van der Waals surface area (Å²) in [5.41, 5.74) is 0.883. The van der Waals surface area contributed by atoms with Crippen LogP contribution in [0.25, 0.3) is 6.08 Å². The van der Waals surface area contributed by atoms with Crippen LogP contribution in [-0.4, -0.2) is 56.7 Å². The van der Waals surface area contributed by atoms with Gasteiger partial charge in [0.25, 0.3) is 5.91 Å². The molecule has 0 saturated heterocycles. The molecule has 1 aliphatic heterocycles. The molecule has 3 rings (SSSR count). The molecule has 2 N–H and O–H groups in total. The van der Waals surface area contributed by atoms with Crippen molar-refractivity contribution >= 4 is 23.7 Å². The Labute approximate surface area is 208 Å². The number of ether oxygens (including phenoxy) is 5. The van der Waals surface area contributed by atoms with Gasteiger partial charge in [0.2, 0.25) is 11.5 Å². The molecule has 192 valence electrons. The summed E-state index contributed by atoms with van der Waals surface area (Å²) in [6.07, 6.45) is 2.14. The lowest BCUT2D eigenvalue weighted by molar-refractivity contribution is -0.143. The summed E-state index contributed by atoms with van der Waals surface area (Å²) in [6, 6.07) is 6.97. The van der Waals surface area contributed by atoms with Crippen LogP contribution in [-0.2, 0) is 9.59 Å². The van der Waals surface area contributed by atoms with Crippen molar-refractivity contribution in [2.75, 3.05) is 27.9 Å². The smallest absolute Gasteiger partial charge is 0.326 e. The molecule has 0 fully saturated rings. The highest BCUT2D eigenvalue weighted by molar-refractivity contribution is 6.14. The molecule has 10 nitrogen and oxygen atoms in total. The van der Waals surface area contributed by atoms with Crippen molar-refractivity contribution in [3.8, 4) is 28.7 Å². The van der Waals surface area contributed by atoms with E-state index in [0.717, 1.165) is 0 Å². The van der Waals surface area contributed by atoms with Crippen LogP contribution in [0.5, 0.6) is 28.7 Å². The van der Waals surface area contributed by atoms with Gasteiger partial charge in [-0.15, -0.1) is 0 Å². The van der Waals surface area contributed by atoms with Gasteiger partial charge in [-0.25, -0.2) is 4.79 Å². The molecular formula is C26H29NO9. The molecule has 0 spiro atoms. The number of fused-ring (bicyclic) bond motifs is 1. The highest BCUT2D eigenvalue weighted by atomic mass is 16.5. The van der Waals surface area contributed by atoms with Gasteiger partial charge in [0, 0.05) is 11.6 Å². The number of aliphatic carboxylic acids is 1. The van der Waals surface area contributed by atoms with Crippen molar-refractivity contribution in [2.45, 2.75) is 26.3 Å². The zero-order valence-corrected chi connectivity index (χ0v) is 20.7. The number of Topliss-reactive ketones (excluding diaryl/α,β-unsaturated/α-hetero) is 1. The van der Waals surface area contributed by atoms with Crippen LogP contribution in [0, 0.1) is 5.92 Å². The molecule has 36 heavy (non-hydrogen) atoms. The molecule has 1 aliphatic rings. The van der Waals surface area contributed by atoms with Crippen LogP contribution >= 0.6 is 0 Å². The molecule has 10 heteroatoms. The van der Waals surface area contributed by atoms with Crippen LogP contribution in [0.4, 0.5) is 0 Å². The van der Waals surface area contributed by atoms with Gasteiger partial charge < -0.3 is 34.1 Å². The third-order valence-corrected chi connectivity index (χ3v) is 5.83. The van der Waals surface area contributed by atoms with Crippen LogP contribution < -0.4 is 29.0 Å². The summed E-state index contributed by atoms with van der Waals surface area (Å²) in [6.45, 7) is 3.20. The van der Waals surface area contributed by atoms with Gasteiger partial charge in [0.05, 0.1) is 26.9 Å². The van der Waals surface area contributed by atoms with E-state index < -0.39 is 24.5 Å². The van der Waals surface area contributed by atoms with Gasteiger partial charge in [0.1, 0.15) is 17.5 Å². The molecule has 0 aliphatic carbocycles. The monoisotopic (exact) mass is 499 g/mol. The minimum absolute atomic E-state index is 0.0725. The third kappa shape index (κ3) is 5.54. The second-order valence-electron chi connectivity index (χ2n) is 8.08. The molecular weight excluding hydrogens is 470 g/mol. The lowest BCUT2D eigenvalue weighted by Gasteiger charge is -2.20. The Bertz CT molecular complexity index is 1190. The minimum Gasteiger partial charge on any atom is -0.493 e. The zero-order valence-electron chi connectivity index (χ0n) is 20.7. The number of carbonyl (C=O) groups excluding carboxylic acids is 2. The number of carboxylic acid groups (broad SMARTS) is 1. The molecule has 1 heterocycles. The number of nitrogens with one attached hydrogen (secondary N) is 1. The second kappa shape index (κ2) is 11.5. The Balaban J connectivity index is 1.74. The Hall–Kier alpha value is -4.21. The number of carbonyl (C=O) groups is 3. The average Bonchev–Trinajstić information content (AvgIpc) is 3.18. The van der Waals surface area contributed by atoms with E-state index in [2.05, 4.69) is 5.32 Å². The first-order chi connectivity index (χ1) is 17.2. The predicted molar refractivity (Wildman–Crippen MR) is 130 cm³/mol. The Kier molecular flexibility index (Phi) is 8.42. The molecule has 0 saturated carbocycles. The number of hydrogen-bond acceptors (Lipinski definition) is 8. The number of carboxylic acids is 1. The van der Waals surface area contributed by atoms with E-state index in [9.17, 15) is 19.5 Å². The van der Waals surface area contributed by atoms with Gasteiger partial charge in [-0.2, -0.15) is 0 Å². The fourth-order valence-electron chi connectivity index (χ4n) is 3.68. The van der Waals surface area contributed by atoms with E-state index in [1.807, 2.05) is 6.92 Å². The summed E-state index contributed by atoms with van der Waals surface area (Å²) in [5.74, 6) is -0.373. The van der Waals surface area contributed by atoms with Crippen LogP contribution in [0.2, 0.25) is 0 Å². The third-order valence-electron chi connectivity index (χ3n) is 5.83. The molecule has 2 aromatic carbocycles. The molecule has 1 amide bonds. The van der Waals surface area contributed by atoms with Crippen molar-refractivity contribution in [1.82, 2.24) is 5.32 Å². The standard InChI is InChI=1S/C26H29NO9/c1-6-14(2)22(26(30)31)27-21(28)13-35-16-8-9-17-19(12-16)36-20(23(17)29)11-15-7-10-18(32-3)25(34-5)24(15)33-4/h7-12,14,22H,6,13H2,1-5H3,(H,27,28)(H,30,31)/b20-11-/t14-,22-/m0/s1. The second-order valence-corrected chi connectivity index (χ2v) is 8.08. The van der Waals surface area contributed by atoms with Crippen molar-refractivity contribution < 1.29 is 43.2 Å². The van der Waals surface area contributed by atoms with Gasteiger partial charge in [-0.3, -0.25) is 9.59 Å². The van der Waals surface area contributed by atoms with E-state index in [1.54, 1.807) is 19.1 Å². The van der Waals surface area contributed by atoms with Crippen molar-refractivity contribution in [2.24, 2.45) is 5.92 Å². The van der Waals surface area contributed by atoms with Crippen LogP contribution in [0.15, 0.2) is 36.1 Å². The number of benzene rings is 2. The number of allylic oxidation sites excluding steroid dienone is 1. The normalized spacial score (nSPS) is 14.9. The van der Waals surface area contributed by atoms with Crippen molar-refractivity contribution in [1.29, 1.82) is 0 Å². The number of ketones is 1. The summed E-state index contributed by atoms with van der Waals surface area (Å²) in [5, 5.41) is 11.8. The number of amides is 1. The van der Waals surface area contributed by atoms with Gasteiger partial charge in [-0.1, -0.05) is 20.3 Å². The van der Waals surface area contributed by atoms with Crippen LogP contribution in [0.3, 0.4) is 0 Å². The lowest BCUT2D eigenvalue weighted by Crippen LogP contribution is -2.46. The summed E-state index contributed by atoms with van der Waals surface area (Å²) >= 11 is 0. The van der Waals surface area contributed by atoms with Crippen molar-refractivity contribution in [3.63, 3.8) is 0 Å². The number of methoxy groups -OCH3 is 3. The minimum atomic E-state index is -1.10. The quantitative estimate of drug-likeness (QED) is 0.447. The van der Waals surface area contributed by atoms with Crippen LogP contribution in [0.1, 0.15) is 36.2 Å². The molecule has 0 radical (unpaired) electrons. The summed E-state index contributed by atoms with van der Waals surface area (Å²) < 4.78 is 27.4. The maximum absolute atomic E-state index is 12.9. The Morgan fingerprint density at radius 3 is 2.42 bits per heavy atom. The molecule has 0 unspecified atom stereocenters. The van der Waals surface area contributed by atoms with Gasteiger partial charge in [0.15, 0.2) is 23.9 Å². The van der Waals surface area contributed by atoms with Gasteiger partial charge in [-0.05, 0) is 36.3 Å². The SMILES string of the molecule is CC[C@H](C)[C@H](NC(=O)COc1ccc2c(c1)O/C(=C\c1ccc(OC)c(OC)c1OC)C2=O)C(=O)O. The maximum atomic E-state index is 12.9. The van der Waals surface area contributed by atoms with Crippen molar-refractivity contribution in [3.05, 3.63) is 47.2 Å². The highest BCUT2D eigenvalue weighted by Crippen LogP contribution is 2.42. The average molecular weight is 500 g/mol. The molecule has 2 aromatic rings. The van der Waals surface area contributed by atoms with E-state index >= 15 is 0 Å². The van der Waals surface area contributed by atoms with Gasteiger partial charge >= 0.3 is 5.97 Å². The summed E-state index contributed by atoms with van der Waals surface area (Å²) in [7, 11) is 4.47. The molecule has 0 bridgehead atoms. The molecule has 2 atom stereocenters. The van der Waals surface area contributed by atoms with E-state index in [0.29, 0.717) is 34.8 Å². The Morgan fingerprint density at radius 1 is 1.08 bits per heavy atom. The van der Waals surface area contributed by atoms with E-state index in [4.69, 9.17) is 23.7 Å². The first-order valence-corrected chi connectivity index (χ1v) is 11.3. The maximum Gasteiger partial charge on any atom is 0.326 e. The molecule has 0 aromatic heterocycles. The topological polar surface area (TPSA) is 130 Å². The van der Waals surface area contributed by atoms with E-state index in [-0.39, 0.29) is 29.0 Å². The van der Waals surface area contributed by atoms with E-state index in [1.165, 1.54) is 45.6 Å². The summed E-state index contributed by atoms with van der Waals surface area (Å²) in [4.78, 5) is 36.5. The number of rotatable bonds is 11. The Morgan fingerprint density at radius 2 is 1.81 bits per heavy atom. The zero-order chi connectivity index (χ0) is 26.4. The predicted octanol–water partition coefficient (Wildman–Crippen LogP) is 3.32. The lowest BCUT2D eigenvalue weighted by atomic mass is 9.99. The first kappa shape index (κ1) is 26.4. The first-order valence-electron chi connectivity index (χ1n) is 11.3. The highest BCUT2D eigenvalue weighted by Gasteiger charge is 2.29. The fraction of sp³-hybridized carbons (Fsp3) is 0.346. The largest absolute Gasteiger partial charge is 0.493 e.